The zero-order valence-electron chi connectivity index (χ0n) is 11.3. The lowest BCUT2D eigenvalue weighted by atomic mass is 10.0. The number of hydrogen-bond acceptors (Lipinski definition) is 3. The molecular formula is C13H29N3. The summed E-state index contributed by atoms with van der Waals surface area (Å²) < 4.78 is 0. The van der Waals surface area contributed by atoms with E-state index in [1.807, 2.05) is 0 Å². The van der Waals surface area contributed by atoms with Crippen LogP contribution in [0.25, 0.3) is 0 Å². The van der Waals surface area contributed by atoms with Crippen molar-refractivity contribution in [1.82, 2.24) is 9.80 Å². The van der Waals surface area contributed by atoms with Gasteiger partial charge in [0.15, 0.2) is 0 Å². The number of piperidine rings is 1. The molecule has 1 aliphatic heterocycles. The Labute approximate surface area is 101 Å². The maximum absolute atomic E-state index is 5.77. The molecule has 0 spiro atoms. The van der Waals surface area contributed by atoms with Crippen LogP contribution in [0.1, 0.15) is 33.1 Å². The largest absolute Gasteiger partial charge is 0.330 e. The molecule has 2 N–H and O–H groups in total. The number of likely N-dealkylation sites (tertiary alicyclic amines) is 1. The van der Waals surface area contributed by atoms with Gasteiger partial charge in [0.1, 0.15) is 0 Å². The van der Waals surface area contributed by atoms with Gasteiger partial charge in [-0.05, 0) is 52.0 Å². The van der Waals surface area contributed by atoms with Crippen molar-refractivity contribution >= 4 is 0 Å². The topological polar surface area (TPSA) is 32.5 Å². The van der Waals surface area contributed by atoms with Gasteiger partial charge in [-0.15, -0.1) is 0 Å². The van der Waals surface area contributed by atoms with Crippen LogP contribution in [0, 0.1) is 5.92 Å². The zero-order chi connectivity index (χ0) is 12.0. The van der Waals surface area contributed by atoms with Crippen LogP contribution in [-0.2, 0) is 0 Å². The molecule has 3 nitrogen and oxygen atoms in total. The molecule has 1 fully saturated rings. The van der Waals surface area contributed by atoms with Crippen molar-refractivity contribution in [1.29, 1.82) is 0 Å². The molecule has 1 unspecified atom stereocenters. The van der Waals surface area contributed by atoms with E-state index in [0.29, 0.717) is 5.92 Å². The number of nitrogens with zero attached hydrogens (tertiary/aromatic N) is 2. The summed E-state index contributed by atoms with van der Waals surface area (Å²) in [7, 11) is 2.27. The minimum absolute atomic E-state index is 0.675. The molecule has 1 atom stereocenters. The molecule has 16 heavy (non-hydrogen) atoms. The third-order valence-corrected chi connectivity index (χ3v) is 4.08. The molecule has 0 aromatic rings. The van der Waals surface area contributed by atoms with Crippen LogP contribution < -0.4 is 5.73 Å². The predicted octanol–water partition coefficient (Wildman–Crippen LogP) is 1.39. The first-order valence-corrected chi connectivity index (χ1v) is 6.83. The second kappa shape index (κ2) is 7.25. The number of nitrogens with two attached hydrogens (primary N) is 1. The lowest BCUT2D eigenvalue weighted by Gasteiger charge is -2.37. The summed E-state index contributed by atoms with van der Waals surface area (Å²) in [6.45, 7) is 10.2. The SMILES string of the molecule is CCC(CN)CN(C)C1CCN(CC)CC1. The summed E-state index contributed by atoms with van der Waals surface area (Å²) in [6.07, 6.45) is 3.85. The molecular weight excluding hydrogens is 198 g/mol. The van der Waals surface area contributed by atoms with Crippen LogP contribution >= 0.6 is 0 Å². The second-order valence-corrected chi connectivity index (χ2v) is 5.11. The smallest absolute Gasteiger partial charge is 0.0117 e. The van der Waals surface area contributed by atoms with Crippen LogP contribution in [0.4, 0.5) is 0 Å². The van der Waals surface area contributed by atoms with E-state index >= 15 is 0 Å². The van der Waals surface area contributed by atoms with Gasteiger partial charge in [0.25, 0.3) is 0 Å². The Hall–Kier alpha value is -0.120. The van der Waals surface area contributed by atoms with Crippen molar-refractivity contribution in [3.8, 4) is 0 Å². The lowest BCUT2D eigenvalue weighted by Crippen LogP contribution is -2.45. The van der Waals surface area contributed by atoms with E-state index in [-0.39, 0.29) is 0 Å². The minimum atomic E-state index is 0.675. The van der Waals surface area contributed by atoms with E-state index in [1.165, 1.54) is 45.4 Å². The van der Waals surface area contributed by atoms with E-state index in [2.05, 4.69) is 30.7 Å². The maximum Gasteiger partial charge on any atom is 0.0117 e. The quantitative estimate of drug-likeness (QED) is 0.744. The standard InChI is InChI=1S/C13H29N3/c1-4-12(10-14)11-15(3)13-6-8-16(5-2)9-7-13/h12-13H,4-11,14H2,1-3H3. The summed E-state index contributed by atoms with van der Waals surface area (Å²) in [5, 5.41) is 0. The van der Waals surface area contributed by atoms with E-state index in [9.17, 15) is 0 Å². The molecule has 1 heterocycles. The predicted molar refractivity (Wildman–Crippen MR) is 70.6 cm³/mol. The summed E-state index contributed by atoms with van der Waals surface area (Å²) >= 11 is 0. The van der Waals surface area contributed by atoms with Crippen molar-refractivity contribution in [2.75, 3.05) is 39.8 Å². The Morgan fingerprint density at radius 1 is 1.31 bits per heavy atom. The highest BCUT2D eigenvalue weighted by molar-refractivity contribution is 4.79. The molecule has 1 rings (SSSR count). The normalized spacial score (nSPS) is 21.6. The first-order valence-electron chi connectivity index (χ1n) is 6.83. The van der Waals surface area contributed by atoms with E-state index in [0.717, 1.165) is 12.6 Å². The average molecular weight is 227 g/mol. The van der Waals surface area contributed by atoms with Crippen molar-refractivity contribution < 1.29 is 0 Å². The average Bonchev–Trinajstić information content (AvgIpc) is 2.35. The first kappa shape index (κ1) is 13.9. The molecule has 0 amide bonds. The summed E-state index contributed by atoms with van der Waals surface area (Å²) in [4.78, 5) is 5.08. The van der Waals surface area contributed by atoms with Gasteiger partial charge in [0, 0.05) is 12.6 Å². The van der Waals surface area contributed by atoms with Gasteiger partial charge >= 0.3 is 0 Å². The maximum atomic E-state index is 5.77. The molecule has 3 heteroatoms. The van der Waals surface area contributed by atoms with E-state index < -0.39 is 0 Å². The van der Waals surface area contributed by atoms with Crippen LogP contribution in [0.2, 0.25) is 0 Å². The highest BCUT2D eigenvalue weighted by Crippen LogP contribution is 2.16. The van der Waals surface area contributed by atoms with Gasteiger partial charge in [-0.1, -0.05) is 20.3 Å². The third kappa shape index (κ3) is 4.04. The van der Waals surface area contributed by atoms with Crippen molar-refractivity contribution in [3.63, 3.8) is 0 Å². The number of rotatable bonds is 6. The zero-order valence-corrected chi connectivity index (χ0v) is 11.3. The van der Waals surface area contributed by atoms with E-state index in [4.69, 9.17) is 5.73 Å². The van der Waals surface area contributed by atoms with Crippen LogP contribution in [0.3, 0.4) is 0 Å². The Kier molecular flexibility index (Phi) is 6.32. The second-order valence-electron chi connectivity index (χ2n) is 5.11. The number of hydrogen-bond donors (Lipinski definition) is 1. The van der Waals surface area contributed by atoms with Gasteiger partial charge in [0.2, 0.25) is 0 Å². The summed E-state index contributed by atoms with van der Waals surface area (Å²) in [5.74, 6) is 0.675. The summed E-state index contributed by atoms with van der Waals surface area (Å²) in [6, 6.07) is 0.781. The molecule has 0 aromatic heterocycles. The van der Waals surface area contributed by atoms with Crippen LogP contribution in [0.15, 0.2) is 0 Å². The highest BCUT2D eigenvalue weighted by atomic mass is 15.2. The Bertz CT molecular complexity index is 172. The molecule has 0 saturated carbocycles. The minimum Gasteiger partial charge on any atom is -0.330 e. The van der Waals surface area contributed by atoms with Gasteiger partial charge in [-0.3, -0.25) is 0 Å². The van der Waals surface area contributed by atoms with E-state index in [1.54, 1.807) is 0 Å². The molecule has 0 aliphatic carbocycles. The Morgan fingerprint density at radius 2 is 1.94 bits per heavy atom. The van der Waals surface area contributed by atoms with Crippen molar-refractivity contribution in [2.24, 2.45) is 11.7 Å². The van der Waals surface area contributed by atoms with Gasteiger partial charge in [-0.2, -0.15) is 0 Å². The monoisotopic (exact) mass is 227 g/mol. The molecule has 1 saturated heterocycles. The Balaban J connectivity index is 2.29. The fourth-order valence-corrected chi connectivity index (χ4v) is 2.60. The summed E-state index contributed by atoms with van der Waals surface area (Å²) in [5.41, 5.74) is 5.77. The highest BCUT2D eigenvalue weighted by Gasteiger charge is 2.22. The molecule has 0 bridgehead atoms. The third-order valence-electron chi connectivity index (χ3n) is 4.08. The molecule has 1 aliphatic rings. The fraction of sp³-hybridized carbons (Fsp3) is 1.00. The molecule has 0 radical (unpaired) electrons. The fourth-order valence-electron chi connectivity index (χ4n) is 2.60. The molecule has 0 aromatic carbocycles. The van der Waals surface area contributed by atoms with Crippen LogP contribution in [0.5, 0.6) is 0 Å². The van der Waals surface area contributed by atoms with Crippen LogP contribution in [-0.4, -0.2) is 55.6 Å². The van der Waals surface area contributed by atoms with Crippen molar-refractivity contribution in [2.45, 2.75) is 39.2 Å². The lowest BCUT2D eigenvalue weighted by molar-refractivity contribution is 0.119. The first-order chi connectivity index (χ1) is 7.71. The van der Waals surface area contributed by atoms with Crippen molar-refractivity contribution in [3.05, 3.63) is 0 Å². The Morgan fingerprint density at radius 3 is 2.38 bits per heavy atom. The van der Waals surface area contributed by atoms with Gasteiger partial charge < -0.3 is 15.5 Å². The van der Waals surface area contributed by atoms with Gasteiger partial charge in [-0.25, -0.2) is 0 Å². The molecule has 96 valence electrons. The van der Waals surface area contributed by atoms with Gasteiger partial charge in [0.05, 0.1) is 0 Å².